The summed E-state index contributed by atoms with van der Waals surface area (Å²) in [6.07, 6.45) is 3.79. The Morgan fingerprint density at radius 2 is 2.23 bits per heavy atom. The molecular weight excluding hydrogens is 164 g/mol. The van der Waals surface area contributed by atoms with Crippen LogP contribution in [-0.2, 0) is 6.54 Å². The van der Waals surface area contributed by atoms with Crippen molar-refractivity contribution in [3.05, 3.63) is 12.0 Å². The Labute approximate surface area is 77.9 Å². The van der Waals surface area contributed by atoms with Gasteiger partial charge in [-0.05, 0) is 13.8 Å². The minimum atomic E-state index is 0.740. The Morgan fingerprint density at radius 1 is 1.38 bits per heavy atom. The Balaban J connectivity index is 2.43. The van der Waals surface area contributed by atoms with E-state index >= 15 is 0 Å². The van der Waals surface area contributed by atoms with E-state index in [4.69, 9.17) is 0 Å². The van der Waals surface area contributed by atoms with Crippen molar-refractivity contribution >= 4 is 12.0 Å². The second kappa shape index (κ2) is 3.20. The molecule has 0 spiro atoms. The molecule has 0 saturated carbocycles. The van der Waals surface area contributed by atoms with Crippen molar-refractivity contribution < 1.29 is 0 Å². The number of aliphatic imine (C=N–C) groups is 1. The van der Waals surface area contributed by atoms with E-state index in [0.717, 1.165) is 31.3 Å². The number of nitrogens with zero attached hydrogens (tertiary/aromatic N) is 4. The lowest BCUT2D eigenvalue weighted by Crippen LogP contribution is -2.27. The lowest BCUT2D eigenvalue weighted by atomic mass is 10.3. The lowest BCUT2D eigenvalue weighted by molar-refractivity contribution is 0.749. The maximum atomic E-state index is 4.38. The molecule has 0 unspecified atom stereocenters. The normalized spacial score (nSPS) is 14.8. The molecule has 1 aromatic rings. The quantitative estimate of drug-likeness (QED) is 0.680. The van der Waals surface area contributed by atoms with E-state index in [9.17, 15) is 0 Å². The van der Waals surface area contributed by atoms with Crippen LogP contribution in [0.25, 0.3) is 0 Å². The molecule has 1 aromatic heterocycles. The minimum absolute atomic E-state index is 0.740. The molecule has 0 atom stereocenters. The molecule has 0 bridgehead atoms. The van der Waals surface area contributed by atoms with Crippen LogP contribution in [-0.4, -0.2) is 29.0 Å². The van der Waals surface area contributed by atoms with Gasteiger partial charge in [-0.3, -0.25) is 4.99 Å². The van der Waals surface area contributed by atoms with Gasteiger partial charge in [-0.2, -0.15) is 0 Å². The molecule has 2 heterocycles. The van der Waals surface area contributed by atoms with E-state index in [-0.39, 0.29) is 0 Å². The summed E-state index contributed by atoms with van der Waals surface area (Å²) in [5.41, 5.74) is 1.13. The summed E-state index contributed by atoms with van der Waals surface area (Å²) >= 11 is 0. The molecule has 4 heteroatoms. The first-order valence-corrected chi connectivity index (χ1v) is 4.66. The van der Waals surface area contributed by atoms with E-state index in [0.29, 0.717) is 0 Å². The number of imidazole rings is 1. The van der Waals surface area contributed by atoms with Crippen molar-refractivity contribution in [2.45, 2.75) is 20.4 Å². The van der Waals surface area contributed by atoms with Crippen LogP contribution in [0.5, 0.6) is 0 Å². The van der Waals surface area contributed by atoms with E-state index < -0.39 is 0 Å². The van der Waals surface area contributed by atoms with E-state index in [1.807, 2.05) is 12.5 Å². The van der Waals surface area contributed by atoms with E-state index in [2.05, 4.69) is 33.3 Å². The highest BCUT2D eigenvalue weighted by molar-refractivity contribution is 5.86. The summed E-state index contributed by atoms with van der Waals surface area (Å²) in [4.78, 5) is 10.8. The zero-order chi connectivity index (χ0) is 9.26. The zero-order valence-electron chi connectivity index (χ0n) is 8.06. The van der Waals surface area contributed by atoms with Crippen molar-refractivity contribution in [3.8, 4) is 0 Å². The molecule has 13 heavy (non-hydrogen) atoms. The minimum Gasteiger partial charge on any atom is -0.336 e. The third kappa shape index (κ3) is 1.22. The monoisotopic (exact) mass is 178 g/mol. The first-order valence-electron chi connectivity index (χ1n) is 4.66. The van der Waals surface area contributed by atoms with Crippen LogP contribution in [0.4, 0.5) is 5.82 Å². The predicted octanol–water partition coefficient (Wildman–Crippen LogP) is 1.12. The van der Waals surface area contributed by atoms with Gasteiger partial charge < -0.3 is 9.47 Å². The molecule has 70 valence electrons. The molecule has 2 rings (SSSR count). The highest BCUT2D eigenvalue weighted by Crippen LogP contribution is 2.19. The van der Waals surface area contributed by atoms with Gasteiger partial charge in [-0.1, -0.05) is 0 Å². The van der Waals surface area contributed by atoms with Crippen LogP contribution in [0, 0.1) is 0 Å². The average Bonchev–Trinajstić information content (AvgIpc) is 2.60. The number of aryl methyl sites for hydroxylation is 1. The number of aromatic nitrogens is 2. The summed E-state index contributed by atoms with van der Waals surface area (Å²) in [6, 6.07) is 0. The van der Waals surface area contributed by atoms with E-state index in [1.54, 1.807) is 0 Å². The van der Waals surface area contributed by atoms with Crippen LogP contribution in [0.2, 0.25) is 0 Å². The Morgan fingerprint density at radius 3 is 2.92 bits per heavy atom. The van der Waals surface area contributed by atoms with Gasteiger partial charge >= 0.3 is 0 Å². The number of fused-ring (bicyclic) bond motifs is 1. The first-order chi connectivity index (χ1) is 6.36. The van der Waals surface area contributed by atoms with Crippen LogP contribution in [0.3, 0.4) is 0 Å². The molecule has 0 amide bonds. The largest absolute Gasteiger partial charge is 0.336 e. The van der Waals surface area contributed by atoms with Crippen molar-refractivity contribution in [2.75, 3.05) is 18.1 Å². The predicted molar refractivity (Wildman–Crippen MR) is 53.4 cm³/mol. The van der Waals surface area contributed by atoms with E-state index in [1.165, 1.54) is 0 Å². The zero-order valence-corrected chi connectivity index (χ0v) is 8.06. The Hall–Kier alpha value is -1.32. The van der Waals surface area contributed by atoms with Crippen LogP contribution in [0.1, 0.15) is 19.5 Å². The Kier molecular flexibility index (Phi) is 2.04. The molecule has 1 aliphatic rings. The summed E-state index contributed by atoms with van der Waals surface area (Å²) in [5.74, 6) is 1.07. The van der Waals surface area contributed by atoms with Gasteiger partial charge in [-0.15, -0.1) is 0 Å². The van der Waals surface area contributed by atoms with Gasteiger partial charge in [0.1, 0.15) is 12.4 Å². The number of hydrogen-bond acceptors (Lipinski definition) is 3. The van der Waals surface area contributed by atoms with Crippen molar-refractivity contribution in [1.82, 2.24) is 9.55 Å². The fraction of sp³-hybridized carbons (Fsp3) is 0.556. The van der Waals surface area contributed by atoms with Crippen molar-refractivity contribution in [1.29, 1.82) is 0 Å². The molecule has 0 N–H and O–H groups in total. The summed E-state index contributed by atoms with van der Waals surface area (Å²) in [5, 5.41) is 0. The van der Waals surface area contributed by atoms with Crippen molar-refractivity contribution in [2.24, 2.45) is 4.99 Å². The van der Waals surface area contributed by atoms with Gasteiger partial charge in [0.15, 0.2) is 5.82 Å². The number of rotatable bonds is 2. The maximum Gasteiger partial charge on any atom is 0.157 e. The second-order valence-corrected chi connectivity index (χ2v) is 3.05. The summed E-state index contributed by atoms with van der Waals surface area (Å²) < 4.78 is 2.11. The summed E-state index contributed by atoms with van der Waals surface area (Å²) in [7, 11) is 0. The molecule has 0 saturated heterocycles. The third-order valence-electron chi connectivity index (χ3n) is 2.35. The standard InChI is InChI=1S/C9H14N4/c1-3-12-7-11-9-8(12)5-10-6-13(9)4-2/h5,7H,3-4,6H2,1-2H3. The van der Waals surface area contributed by atoms with Gasteiger partial charge in [0.05, 0.1) is 12.5 Å². The maximum absolute atomic E-state index is 4.38. The molecular formula is C9H14N4. The molecule has 4 nitrogen and oxygen atoms in total. The molecule has 0 fully saturated rings. The van der Waals surface area contributed by atoms with Crippen LogP contribution < -0.4 is 4.90 Å². The van der Waals surface area contributed by atoms with Crippen LogP contribution in [0.15, 0.2) is 11.3 Å². The third-order valence-corrected chi connectivity index (χ3v) is 2.35. The highest BCUT2D eigenvalue weighted by Gasteiger charge is 2.16. The second-order valence-electron chi connectivity index (χ2n) is 3.05. The van der Waals surface area contributed by atoms with Gasteiger partial charge in [0.25, 0.3) is 0 Å². The topological polar surface area (TPSA) is 33.4 Å². The fourth-order valence-electron chi connectivity index (χ4n) is 1.55. The van der Waals surface area contributed by atoms with Crippen LogP contribution >= 0.6 is 0 Å². The molecule has 0 aromatic carbocycles. The SMILES string of the molecule is CCN1CN=Cc2c1ncn2CC. The van der Waals surface area contributed by atoms with Gasteiger partial charge in [-0.25, -0.2) is 4.98 Å². The summed E-state index contributed by atoms with van der Waals surface area (Å²) in [6.45, 7) is 6.89. The molecule has 1 aliphatic heterocycles. The fourth-order valence-corrected chi connectivity index (χ4v) is 1.55. The highest BCUT2D eigenvalue weighted by atomic mass is 15.3. The van der Waals surface area contributed by atoms with Crippen molar-refractivity contribution in [3.63, 3.8) is 0 Å². The number of anilines is 1. The molecule has 0 aliphatic carbocycles. The van der Waals surface area contributed by atoms with Gasteiger partial charge in [0.2, 0.25) is 0 Å². The molecule has 0 radical (unpaired) electrons. The first kappa shape index (κ1) is 8.29. The average molecular weight is 178 g/mol. The smallest absolute Gasteiger partial charge is 0.157 e. The lowest BCUT2D eigenvalue weighted by Gasteiger charge is -2.22. The van der Waals surface area contributed by atoms with Gasteiger partial charge in [0, 0.05) is 13.1 Å². The number of hydrogen-bond donors (Lipinski definition) is 0. The Bertz CT molecular complexity index is 326.